The van der Waals surface area contributed by atoms with Crippen molar-refractivity contribution in [3.05, 3.63) is 42.2 Å². The Kier molecular flexibility index (Phi) is 4.91. The van der Waals surface area contributed by atoms with Crippen LogP contribution in [0.2, 0.25) is 0 Å². The lowest BCUT2D eigenvalue weighted by Crippen LogP contribution is -2.40. The molecule has 0 atom stereocenters. The molecule has 0 radical (unpaired) electrons. The molecule has 25 heavy (non-hydrogen) atoms. The van der Waals surface area contributed by atoms with Gasteiger partial charge in [0.25, 0.3) is 0 Å². The minimum Gasteiger partial charge on any atom is -0.467 e. The maximum absolute atomic E-state index is 12.7. The fraction of sp³-hybridized carbons (Fsp3) is 0.438. The van der Waals surface area contributed by atoms with Gasteiger partial charge in [-0.3, -0.25) is 4.79 Å². The van der Waals surface area contributed by atoms with Crippen LogP contribution in [-0.4, -0.2) is 29.0 Å². The third-order valence-corrected chi connectivity index (χ3v) is 4.15. The summed E-state index contributed by atoms with van der Waals surface area (Å²) in [6.07, 6.45) is -0.941. The zero-order valence-electron chi connectivity index (χ0n) is 13.3. The van der Waals surface area contributed by atoms with Gasteiger partial charge in [0.15, 0.2) is 0 Å². The number of aromatic nitrogens is 2. The van der Waals surface area contributed by atoms with Crippen molar-refractivity contribution < 1.29 is 22.4 Å². The summed E-state index contributed by atoms with van der Waals surface area (Å²) in [7, 11) is 0. The number of hydrogen-bond donors (Lipinski definition) is 1. The van der Waals surface area contributed by atoms with E-state index in [0.717, 1.165) is 12.4 Å². The van der Waals surface area contributed by atoms with Gasteiger partial charge in [-0.15, -0.1) is 0 Å². The lowest BCUT2D eigenvalue weighted by molar-refractivity contribution is -0.141. The van der Waals surface area contributed by atoms with E-state index in [1.54, 1.807) is 17.0 Å². The Labute approximate surface area is 142 Å². The second-order valence-electron chi connectivity index (χ2n) is 5.82. The first-order chi connectivity index (χ1) is 11.9. The average molecular weight is 354 g/mol. The molecule has 0 saturated carbocycles. The molecular weight excluding hydrogens is 337 g/mol. The molecule has 9 heteroatoms. The van der Waals surface area contributed by atoms with Crippen molar-refractivity contribution in [3.8, 4) is 0 Å². The van der Waals surface area contributed by atoms with Crippen molar-refractivity contribution in [3.63, 3.8) is 0 Å². The lowest BCUT2D eigenvalue weighted by atomic mass is 9.96. The van der Waals surface area contributed by atoms with Crippen molar-refractivity contribution in [2.45, 2.75) is 25.6 Å². The predicted molar refractivity (Wildman–Crippen MR) is 82.5 cm³/mol. The van der Waals surface area contributed by atoms with Gasteiger partial charge < -0.3 is 14.6 Å². The van der Waals surface area contributed by atoms with Crippen LogP contribution >= 0.6 is 0 Å². The van der Waals surface area contributed by atoms with Crippen LogP contribution in [0.15, 0.2) is 35.2 Å². The standard InChI is InChI=1S/C16H17F3N4O2/c17-16(18,19)13-8-14(22-10-21-13)23-5-3-11(4-6-23)15(24)20-9-12-2-1-7-25-12/h1-2,7-8,10-11H,3-6,9H2,(H,20,24). The van der Waals surface area contributed by atoms with E-state index in [1.807, 2.05) is 0 Å². The van der Waals surface area contributed by atoms with E-state index in [4.69, 9.17) is 4.42 Å². The topological polar surface area (TPSA) is 71.3 Å². The fourth-order valence-electron chi connectivity index (χ4n) is 2.78. The quantitative estimate of drug-likeness (QED) is 0.914. The largest absolute Gasteiger partial charge is 0.467 e. The third kappa shape index (κ3) is 4.28. The summed E-state index contributed by atoms with van der Waals surface area (Å²) in [6, 6.07) is 4.46. The predicted octanol–water partition coefficient (Wildman–Crippen LogP) is 2.62. The van der Waals surface area contributed by atoms with Gasteiger partial charge in [0.1, 0.15) is 23.6 Å². The molecule has 1 aliphatic heterocycles. The Morgan fingerprint density at radius 3 is 2.72 bits per heavy atom. The number of anilines is 1. The van der Waals surface area contributed by atoms with Gasteiger partial charge in [0.05, 0.1) is 12.8 Å². The second-order valence-corrected chi connectivity index (χ2v) is 5.82. The Morgan fingerprint density at radius 2 is 2.08 bits per heavy atom. The zero-order chi connectivity index (χ0) is 17.9. The van der Waals surface area contributed by atoms with E-state index in [0.29, 0.717) is 38.2 Å². The van der Waals surface area contributed by atoms with Gasteiger partial charge in [-0.1, -0.05) is 0 Å². The summed E-state index contributed by atoms with van der Waals surface area (Å²) in [5.74, 6) is 0.660. The molecule has 0 unspecified atom stereocenters. The molecule has 0 aromatic carbocycles. The van der Waals surface area contributed by atoms with E-state index in [1.165, 1.54) is 6.26 Å². The monoisotopic (exact) mass is 354 g/mol. The molecule has 1 N–H and O–H groups in total. The van der Waals surface area contributed by atoms with Gasteiger partial charge in [-0.2, -0.15) is 13.2 Å². The van der Waals surface area contributed by atoms with Crippen LogP contribution in [-0.2, 0) is 17.5 Å². The van der Waals surface area contributed by atoms with Crippen LogP contribution in [0, 0.1) is 5.92 Å². The van der Waals surface area contributed by atoms with Gasteiger partial charge in [-0.05, 0) is 25.0 Å². The first-order valence-electron chi connectivity index (χ1n) is 7.88. The second kappa shape index (κ2) is 7.12. The highest BCUT2D eigenvalue weighted by molar-refractivity contribution is 5.78. The third-order valence-electron chi connectivity index (χ3n) is 4.15. The Bertz CT molecular complexity index is 710. The molecule has 0 aliphatic carbocycles. The Balaban J connectivity index is 1.54. The number of alkyl halides is 3. The lowest BCUT2D eigenvalue weighted by Gasteiger charge is -2.32. The van der Waals surface area contributed by atoms with Crippen LogP contribution in [0.4, 0.5) is 19.0 Å². The molecule has 3 heterocycles. The van der Waals surface area contributed by atoms with Crippen molar-refractivity contribution in [2.75, 3.05) is 18.0 Å². The molecule has 1 saturated heterocycles. The van der Waals surface area contributed by atoms with Crippen LogP contribution < -0.4 is 10.2 Å². The molecular formula is C16H17F3N4O2. The number of carbonyl (C=O) groups is 1. The van der Waals surface area contributed by atoms with Gasteiger partial charge in [0.2, 0.25) is 5.91 Å². The Morgan fingerprint density at radius 1 is 1.32 bits per heavy atom. The summed E-state index contributed by atoms with van der Waals surface area (Å²) >= 11 is 0. The van der Waals surface area contributed by atoms with Crippen molar-refractivity contribution >= 4 is 11.7 Å². The number of furan rings is 1. The maximum atomic E-state index is 12.7. The van der Waals surface area contributed by atoms with Gasteiger partial charge in [0, 0.05) is 25.1 Å². The molecule has 3 rings (SSSR count). The first-order valence-corrected chi connectivity index (χ1v) is 7.88. The number of rotatable bonds is 4. The number of nitrogens with zero attached hydrogens (tertiary/aromatic N) is 3. The summed E-state index contributed by atoms with van der Waals surface area (Å²) in [5, 5.41) is 2.81. The molecule has 6 nitrogen and oxygen atoms in total. The van der Waals surface area contributed by atoms with Gasteiger partial charge >= 0.3 is 6.18 Å². The summed E-state index contributed by atoms with van der Waals surface area (Å²) in [4.78, 5) is 21.1. The molecule has 1 aliphatic rings. The highest BCUT2D eigenvalue weighted by atomic mass is 19.4. The van der Waals surface area contributed by atoms with Gasteiger partial charge in [-0.25, -0.2) is 9.97 Å². The molecule has 0 bridgehead atoms. The van der Waals surface area contributed by atoms with Crippen LogP contribution in [0.5, 0.6) is 0 Å². The highest BCUT2D eigenvalue weighted by Crippen LogP contribution is 2.30. The molecule has 1 fully saturated rings. The van der Waals surface area contributed by atoms with Crippen molar-refractivity contribution in [1.29, 1.82) is 0 Å². The normalized spacial score (nSPS) is 16.0. The summed E-state index contributed by atoms with van der Waals surface area (Å²) in [6.45, 7) is 1.26. The zero-order valence-corrected chi connectivity index (χ0v) is 13.3. The van der Waals surface area contributed by atoms with Crippen LogP contribution in [0.3, 0.4) is 0 Å². The van der Waals surface area contributed by atoms with E-state index < -0.39 is 11.9 Å². The number of halogens is 3. The minimum atomic E-state index is -4.50. The smallest absolute Gasteiger partial charge is 0.433 e. The molecule has 134 valence electrons. The minimum absolute atomic E-state index is 0.0743. The van der Waals surface area contributed by atoms with E-state index in [9.17, 15) is 18.0 Å². The van der Waals surface area contributed by atoms with E-state index in [-0.39, 0.29) is 17.6 Å². The molecule has 2 aromatic rings. The summed E-state index contributed by atoms with van der Waals surface area (Å²) < 4.78 is 43.4. The van der Waals surface area contributed by atoms with E-state index in [2.05, 4.69) is 15.3 Å². The molecule has 1 amide bonds. The maximum Gasteiger partial charge on any atom is 0.433 e. The first kappa shape index (κ1) is 17.2. The number of amides is 1. The Hall–Kier alpha value is -2.58. The fourth-order valence-corrected chi connectivity index (χ4v) is 2.78. The van der Waals surface area contributed by atoms with E-state index >= 15 is 0 Å². The SMILES string of the molecule is O=C(NCc1ccco1)C1CCN(c2cc(C(F)(F)F)ncn2)CC1. The molecule has 2 aromatic heterocycles. The number of carbonyl (C=O) groups excluding carboxylic acids is 1. The number of hydrogen-bond acceptors (Lipinski definition) is 5. The van der Waals surface area contributed by atoms with Crippen LogP contribution in [0.1, 0.15) is 24.3 Å². The highest BCUT2D eigenvalue weighted by Gasteiger charge is 2.34. The number of piperidine rings is 1. The van der Waals surface area contributed by atoms with Crippen molar-refractivity contribution in [1.82, 2.24) is 15.3 Å². The van der Waals surface area contributed by atoms with Crippen molar-refractivity contribution in [2.24, 2.45) is 5.92 Å². The number of nitrogens with one attached hydrogen (secondary N) is 1. The molecule has 0 spiro atoms. The average Bonchev–Trinajstić information content (AvgIpc) is 3.13. The summed E-state index contributed by atoms with van der Waals surface area (Å²) in [5.41, 5.74) is -0.962. The van der Waals surface area contributed by atoms with Crippen LogP contribution in [0.25, 0.3) is 0 Å².